The molecular weight excluding hydrogens is 431 g/mol. The summed E-state index contributed by atoms with van der Waals surface area (Å²) in [6, 6.07) is 0. The minimum atomic E-state index is -5.08. The van der Waals surface area contributed by atoms with Crippen LogP contribution < -0.4 is 4.90 Å². The van der Waals surface area contributed by atoms with Crippen molar-refractivity contribution in [3.63, 3.8) is 0 Å². The number of aryl methyl sites for hydroxylation is 2. The van der Waals surface area contributed by atoms with E-state index in [9.17, 15) is 13.2 Å². The number of aliphatic carboxylic acids is 1. The van der Waals surface area contributed by atoms with Crippen molar-refractivity contribution in [3.8, 4) is 0 Å². The maximum absolute atomic E-state index is 10.6. The van der Waals surface area contributed by atoms with Gasteiger partial charge in [-0.15, -0.1) is 0 Å². The zero-order valence-corrected chi connectivity index (χ0v) is 17.9. The van der Waals surface area contributed by atoms with Gasteiger partial charge >= 0.3 is 12.1 Å². The fourth-order valence-electron chi connectivity index (χ4n) is 4.00. The Balaban J connectivity index is 0.000000360. The topological polar surface area (TPSA) is 105 Å². The number of hydrogen-bond donors (Lipinski definition) is 1. The van der Waals surface area contributed by atoms with Crippen LogP contribution in [0.2, 0.25) is 0 Å². The highest BCUT2D eigenvalue weighted by Crippen LogP contribution is 2.34. The van der Waals surface area contributed by atoms with Gasteiger partial charge in [0.15, 0.2) is 0 Å². The van der Waals surface area contributed by atoms with E-state index < -0.39 is 12.1 Å². The van der Waals surface area contributed by atoms with Gasteiger partial charge in [0, 0.05) is 49.7 Å². The Hall–Kier alpha value is -2.73. The van der Waals surface area contributed by atoms with Gasteiger partial charge in [0.1, 0.15) is 11.6 Å². The molecule has 0 bridgehead atoms. The van der Waals surface area contributed by atoms with Crippen molar-refractivity contribution in [1.82, 2.24) is 20.0 Å². The molecule has 0 atom stereocenters. The van der Waals surface area contributed by atoms with Gasteiger partial charge in [-0.3, -0.25) is 9.88 Å². The summed E-state index contributed by atoms with van der Waals surface area (Å²) in [5.41, 5.74) is 2.31. The molecule has 32 heavy (non-hydrogen) atoms. The summed E-state index contributed by atoms with van der Waals surface area (Å²) >= 11 is 0. The highest BCUT2D eigenvalue weighted by molar-refractivity contribution is 5.73. The molecule has 2 aromatic heterocycles. The Morgan fingerprint density at radius 2 is 1.91 bits per heavy atom. The van der Waals surface area contributed by atoms with Crippen LogP contribution in [0.25, 0.3) is 0 Å². The summed E-state index contributed by atoms with van der Waals surface area (Å²) < 4.78 is 43.0. The Morgan fingerprint density at radius 3 is 2.44 bits per heavy atom. The number of morpholine rings is 1. The van der Waals surface area contributed by atoms with E-state index in [0.717, 1.165) is 69.5 Å². The normalized spacial score (nSPS) is 18.8. The predicted molar refractivity (Wildman–Crippen MR) is 107 cm³/mol. The molecule has 0 saturated carbocycles. The fourth-order valence-corrected chi connectivity index (χ4v) is 4.00. The number of ether oxygens (including phenoxy) is 1. The Kier molecular flexibility index (Phi) is 7.34. The van der Waals surface area contributed by atoms with Crippen molar-refractivity contribution < 1.29 is 32.3 Å². The third-order valence-corrected chi connectivity index (χ3v) is 5.89. The molecule has 0 aromatic carbocycles. The minimum Gasteiger partial charge on any atom is -0.475 e. The third kappa shape index (κ3) is 5.54. The van der Waals surface area contributed by atoms with Gasteiger partial charge in [-0.2, -0.15) is 13.2 Å². The molecule has 12 heteroatoms. The summed E-state index contributed by atoms with van der Waals surface area (Å²) in [4.78, 5) is 22.4. The lowest BCUT2D eigenvalue weighted by Crippen LogP contribution is -2.61. The number of rotatable bonds is 3. The second kappa shape index (κ2) is 9.82. The minimum absolute atomic E-state index is 0.0904. The van der Waals surface area contributed by atoms with Gasteiger partial charge < -0.3 is 19.3 Å². The van der Waals surface area contributed by atoms with Gasteiger partial charge in [-0.05, 0) is 26.7 Å². The van der Waals surface area contributed by atoms with Crippen LogP contribution >= 0.6 is 0 Å². The van der Waals surface area contributed by atoms with E-state index in [1.807, 2.05) is 20.0 Å². The lowest BCUT2D eigenvalue weighted by molar-refractivity contribution is -0.192. The average Bonchev–Trinajstić information content (AvgIpc) is 3.08. The highest BCUT2D eigenvalue weighted by atomic mass is 19.4. The van der Waals surface area contributed by atoms with E-state index >= 15 is 0 Å². The number of halogens is 3. The molecule has 176 valence electrons. The molecule has 4 rings (SSSR count). The standard InChI is InChI=1S/C18H25N5O2.C2HF3O2/c1-14-16(15(2)25-21-14)12-23-9-10-24-13-18(23)3-7-22(8-4-18)17-11-19-5-6-20-17;3-2(4,5)1(6)7/h5-6,11H,3-4,7-10,12-13H2,1-2H3;(H,6,7). The van der Waals surface area contributed by atoms with Crippen LogP contribution in [-0.2, 0) is 16.1 Å². The summed E-state index contributed by atoms with van der Waals surface area (Å²) in [5.74, 6) is -0.866. The van der Waals surface area contributed by atoms with E-state index in [1.54, 1.807) is 12.4 Å². The number of carboxylic acids is 1. The molecule has 1 N–H and O–H groups in total. The van der Waals surface area contributed by atoms with E-state index in [1.165, 1.54) is 5.56 Å². The molecule has 2 aliphatic heterocycles. The molecule has 1 spiro atoms. The van der Waals surface area contributed by atoms with Gasteiger partial charge in [0.25, 0.3) is 0 Å². The molecule has 4 heterocycles. The number of alkyl halides is 3. The van der Waals surface area contributed by atoms with Crippen LogP contribution in [0, 0.1) is 13.8 Å². The first-order valence-electron chi connectivity index (χ1n) is 10.2. The van der Waals surface area contributed by atoms with Crippen molar-refractivity contribution in [2.24, 2.45) is 0 Å². The van der Waals surface area contributed by atoms with E-state index in [0.29, 0.717) is 0 Å². The zero-order valence-electron chi connectivity index (χ0n) is 17.9. The quantitative estimate of drug-likeness (QED) is 0.745. The fraction of sp³-hybridized carbons (Fsp3) is 0.600. The Bertz CT molecular complexity index is 879. The first-order chi connectivity index (χ1) is 15.1. The number of hydrogen-bond acceptors (Lipinski definition) is 8. The molecule has 2 fully saturated rings. The van der Waals surface area contributed by atoms with Crippen LogP contribution in [0.4, 0.5) is 19.0 Å². The number of aromatic nitrogens is 3. The molecule has 2 aliphatic rings. The van der Waals surface area contributed by atoms with Crippen molar-refractivity contribution in [2.45, 2.75) is 44.9 Å². The molecule has 9 nitrogen and oxygen atoms in total. The summed E-state index contributed by atoms with van der Waals surface area (Å²) in [6.45, 7) is 9.39. The van der Waals surface area contributed by atoms with Crippen LogP contribution in [-0.4, -0.2) is 75.7 Å². The number of piperidine rings is 1. The van der Waals surface area contributed by atoms with Gasteiger partial charge in [0.2, 0.25) is 0 Å². The summed E-state index contributed by atoms with van der Waals surface area (Å²) in [7, 11) is 0. The van der Waals surface area contributed by atoms with Crippen LogP contribution in [0.15, 0.2) is 23.1 Å². The average molecular weight is 457 g/mol. The maximum Gasteiger partial charge on any atom is 0.490 e. The van der Waals surface area contributed by atoms with E-state index in [-0.39, 0.29) is 5.54 Å². The first kappa shape index (κ1) is 23.9. The highest BCUT2D eigenvalue weighted by Gasteiger charge is 2.43. The molecule has 2 saturated heterocycles. The number of carbonyl (C=O) groups is 1. The maximum atomic E-state index is 10.6. The smallest absolute Gasteiger partial charge is 0.475 e. The van der Waals surface area contributed by atoms with Crippen LogP contribution in [0.5, 0.6) is 0 Å². The first-order valence-corrected chi connectivity index (χ1v) is 10.2. The summed E-state index contributed by atoms with van der Waals surface area (Å²) in [5, 5.41) is 11.2. The second-order valence-corrected chi connectivity index (χ2v) is 7.85. The monoisotopic (exact) mass is 457 g/mol. The van der Waals surface area contributed by atoms with E-state index in [4.69, 9.17) is 19.2 Å². The number of nitrogens with zero attached hydrogens (tertiary/aromatic N) is 5. The molecule has 2 aromatic rings. The molecule has 0 radical (unpaired) electrons. The van der Waals surface area contributed by atoms with Crippen LogP contribution in [0.3, 0.4) is 0 Å². The zero-order chi connectivity index (χ0) is 23.4. The van der Waals surface area contributed by atoms with Gasteiger partial charge in [-0.1, -0.05) is 5.16 Å². The Morgan fingerprint density at radius 1 is 1.22 bits per heavy atom. The largest absolute Gasteiger partial charge is 0.490 e. The summed E-state index contributed by atoms with van der Waals surface area (Å²) in [6.07, 6.45) is 2.36. The van der Waals surface area contributed by atoms with Crippen molar-refractivity contribution in [1.29, 1.82) is 0 Å². The van der Waals surface area contributed by atoms with Crippen molar-refractivity contribution in [2.75, 3.05) is 37.7 Å². The predicted octanol–water partition coefficient (Wildman–Crippen LogP) is 2.59. The van der Waals surface area contributed by atoms with Gasteiger partial charge in [-0.25, -0.2) is 9.78 Å². The third-order valence-electron chi connectivity index (χ3n) is 5.89. The number of anilines is 1. The molecule has 0 unspecified atom stereocenters. The SMILES string of the molecule is Cc1noc(C)c1CN1CCOCC12CCN(c1cnccn1)CC2.O=C(O)C(F)(F)F. The second-order valence-electron chi connectivity index (χ2n) is 7.85. The van der Waals surface area contributed by atoms with E-state index in [2.05, 4.69) is 24.9 Å². The van der Waals surface area contributed by atoms with Crippen molar-refractivity contribution >= 4 is 11.8 Å². The van der Waals surface area contributed by atoms with Crippen LogP contribution in [0.1, 0.15) is 29.9 Å². The number of carboxylic acid groups (broad SMARTS) is 1. The molecule has 0 aliphatic carbocycles. The molecule has 0 amide bonds. The molecular formula is C20H26F3N5O4. The lowest BCUT2D eigenvalue weighted by Gasteiger charge is -2.51. The van der Waals surface area contributed by atoms with Crippen molar-refractivity contribution in [3.05, 3.63) is 35.6 Å². The Labute approximate surface area is 183 Å². The lowest BCUT2D eigenvalue weighted by atomic mass is 9.85. The van der Waals surface area contributed by atoms with Gasteiger partial charge in [0.05, 0.1) is 25.1 Å².